The Balaban J connectivity index is 1.68. The number of hydrogen-bond donors (Lipinski definition) is 0. The van der Waals surface area contributed by atoms with Gasteiger partial charge < -0.3 is 4.90 Å². The first-order valence-electron chi connectivity index (χ1n) is 8.50. The van der Waals surface area contributed by atoms with Gasteiger partial charge in [0.05, 0.1) is 0 Å². The molecular formula is C17H28N2O. The maximum Gasteiger partial charge on any atom is 0.226 e. The van der Waals surface area contributed by atoms with Gasteiger partial charge in [-0.3, -0.25) is 9.69 Å². The lowest BCUT2D eigenvalue weighted by atomic mass is 9.92. The molecule has 0 bridgehead atoms. The Kier molecular flexibility index (Phi) is 4.45. The van der Waals surface area contributed by atoms with Crippen LogP contribution in [0.1, 0.15) is 51.9 Å². The van der Waals surface area contributed by atoms with E-state index in [1.54, 1.807) is 0 Å². The summed E-state index contributed by atoms with van der Waals surface area (Å²) in [6.07, 6.45) is 12.5. The van der Waals surface area contributed by atoms with E-state index in [-0.39, 0.29) is 5.92 Å². The molecule has 3 aliphatic rings. The first-order valence-corrected chi connectivity index (χ1v) is 8.50. The molecule has 3 nitrogen and oxygen atoms in total. The Morgan fingerprint density at radius 3 is 2.65 bits per heavy atom. The van der Waals surface area contributed by atoms with E-state index < -0.39 is 0 Å². The zero-order valence-corrected chi connectivity index (χ0v) is 12.8. The molecule has 1 aliphatic carbocycles. The lowest BCUT2D eigenvalue weighted by Gasteiger charge is -2.36. The number of carbonyl (C=O) groups is 1. The average molecular weight is 276 g/mol. The van der Waals surface area contributed by atoms with Crippen molar-refractivity contribution in [2.75, 3.05) is 19.6 Å². The SMILES string of the molecule is CCN1CCC[C@@H]1[C@@H]1CCCN1C(=O)[C@H]1CC=CCC1. The molecule has 0 radical (unpaired) electrons. The fraction of sp³-hybridized carbons (Fsp3) is 0.824. The molecule has 2 heterocycles. The fourth-order valence-corrected chi connectivity index (χ4v) is 4.40. The first-order chi connectivity index (χ1) is 9.81. The molecule has 0 N–H and O–H groups in total. The van der Waals surface area contributed by atoms with Gasteiger partial charge in [0.25, 0.3) is 0 Å². The third kappa shape index (κ3) is 2.65. The van der Waals surface area contributed by atoms with Crippen LogP contribution in [0, 0.1) is 5.92 Å². The second-order valence-electron chi connectivity index (χ2n) is 6.56. The molecule has 3 atom stereocenters. The molecule has 3 rings (SSSR count). The minimum absolute atomic E-state index is 0.261. The van der Waals surface area contributed by atoms with Crippen LogP contribution in [0.4, 0.5) is 0 Å². The van der Waals surface area contributed by atoms with Gasteiger partial charge in [-0.1, -0.05) is 19.1 Å². The largest absolute Gasteiger partial charge is 0.338 e. The van der Waals surface area contributed by atoms with Crippen LogP contribution >= 0.6 is 0 Å². The van der Waals surface area contributed by atoms with Crippen molar-refractivity contribution in [1.82, 2.24) is 9.80 Å². The molecule has 20 heavy (non-hydrogen) atoms. The van der Waals surface area contributed by atoms with Crippen LogP contribution in [0.15, 0.2) is 12.2 Å². The predicted molar refractivity (Wildman–Crippen MR) is 81.5 cm³/mol. The summed E-state index contributed by atoms with van der Waals surface area (Å²) >= 11 is 0. The zero-order valence-electron chi connectivity index (χ0n) is 12.8. The smallest absolute Gasteiger partial charge is 0.226 e. The normalized spacial score (nSPS) is 34.9. The summed E-state index contributed by atoms with van der Waals surface area (Å²) < 4.78 is 0. The second-order valence-corrected chi connectivity index (χ2v) is 6.56. The summed E-state index contributed by atoms with van der Waals surface area (Å²) in [4.78, 5) is 17.7. The average Bonchev–Trinajstić information content (AvgIpc) is 3.15. The lowest BCUT2D eigenvalue weighted by Crippen LogP contribution is -2.49. The van der Waals surface area contributed by atoms with Crippen molar-refractivity contribution < 1.29 is 4.79 Å². The molecular weight excluding hydrogens is 248 g/mol. The number of allylic oxidation sites excluding steroid dienone is 2. The molecule has 0 unspecified atom stereocenters. The lowest BCUT2D eigenvalue weighted by molar-refractivity contribution is -0.137. The van der Waals surface area contributed by atoms with Crippen molar-refractivity contribution in [3.05, 3.63) is 12.2 Å². The van der Waals surface area contributed by atoms with Crippen molar-refractivity contribution in [2.24, 2.45) is 5.92 Å². The van der Waals surface area contributed by atoms with Gasteiger partial charge in [-0.25, -0.2) is 0 Å². The van der Waals surface area contributed by atoms with Gasteiger partial charge in [-0.05, 0) is 58.0 Å². The minimum Gasteiger partial charge on any atom is -0.338 e. The van der Waals surface area contributed by atoms with Crippen LogP contribution in [0.5, 0.6) is 0 Å². The van der Waals surface area contributed by atoms with Gasteiger partial charge >= 0.3 is 0 Å². The van der Waals surface area contributed by atoms with Gasteiger partial charge in [0.1, 0.15) is 0 Å². The van der Waals surface area contributed by atoms with E-state index in [9.17, 15) is 4.79 Å². The maximum atomic E-state index is 12.8. The van der Waals surface area contributed by atoms with Crippen LogP contribution in [0.25, 0.3) is 0 Å². The van der Waals surface area contributed by atoms with Crippen LogP contribution in [-0.2, 0) is 4.79 Å². The molecule has 2 fully saturated rings. The highest BCUT2D eigenvalue weighted by molar-refractivity contribution is 5.80. The summed E-state index contributed by atoms with van der Waals surface area (Å²) in [6, 6.07) is 1.13. The summed E-state index contributed by atoms with van der Waals surface area (Å²) in [6.45, 7) is 5.62. The predicted octanol–water partition coefficient (Wildman–Crippen LogP) is 2.82. The third-order valence-corrected chi connectivity index (χ3v) is 5.47. The van der Waals surface area contributed by atoms with Gasteiger partial charge in [-0.15, -0.1) is 0 Å². The molecule has 2 saturated heterocycles. The number of rotatable bonds is 3. The van der Waals surface area contributed by atoms with Crippen molar-refractivity contribution in [2.45, 2.75) is 64.0 Å². The van der Waals surface area contributed by atoms with Crippen LogP contribution in [0.3, 0.4) is 0 Å². The molecule has 2 aliphatic heterocycles. The molecule has 0 saturated carbocycles. The minimum atomic E-state index is 0.261. The first kappa shape index (κ1) is 14.1. The maximum absolute atomic E-state index is 12.8. The third-order valence-electron chi connectivity index (χ3n) is 5.47. The van der Waals surface area contributed by atoms with Crippen molar-refractivity contribution >= 4 is 5.91 Å². The number of likely N-dealkylation sites (tertiary alicyclic amines) is 2. The van der Waals surface area contributed by atoms with E-state index in [1.807, 2.05) is 0 Å². The van der Waals surface area contributed by atoms with E-state index in [0.717, 1.165) is 32.4 Å². The molecule has 0 spiro atoms. The molecule has 0 aromatic rings. The topological polar surface area (TPSA) is 23.6 Å². The highest BCUT2D eigenvalue weighted by Crippen LogP contribution is 2.32. The van der Waals surface area contributed by atoms with Crippen LogP contribution < -0.4 is 0 Å². The number of nitrogens with zero attached hydrogens (tertiary/aromatic N) is 2. The quantitative estimate of drug-likeness (QED) is 0.740. The summed E-state index contributed by atoms with van der Waals surface area (Å²) in [7, 11) is 0. The van der Waals surface area contributed by atoms with E-state index in [2.05, 4.69) is 28.9 Å². The second kappa shape index (κ2) is 6.30. The Morgan fingerprint density at radius 1 is 1.10 bits per heavy atom. The van der Waals surface area contributed by atoms with Gasteiger partial charge in [0, 0.05) is 24.5 Å². The Bertz CT molecular complexity index is 379. The van der Waals surface area contributed by atoms with E-state index >= 15 is 0 Å². The summed E-state index contributed by atoms with van der Waals surface area (Å²) in [5, 5.41) is 0. The van der Waals surface area contributed by atoms with E-state index in [1.165, 1.54) is 32.2 Å². The van der Waals surface area contributed by atoms with E-state index in [0.29, 0.717) is 18.0 Å². The van der Waals surface area contributed by atoms with Gasteiger partial charge in [0.2, 0.25) is 5.91 Å². The number of likely N-dealkylation sites (N-methyl/N-ethyl adjacent to an activating group) is 1. The summed E-state index contributed by atoms with van der Waals surface area (Å²) in [5.41, 5.74) is 0. The Hall–Kier alpha value is -0.830. The number of carbonyl (C=O) groups excluding carboxylic acids is 1. The zero-order chi connectivity index (χ0) is 13.9. The summed E-state index contributed by atoms with van der Waals surface area (Å²) in [5.74, 6) is 0.705. The highest BCUT2D eigenvalue weighted by Gasteiger charge is 2.40. The van der Waals surface area contributed by atoms with Crippen LogP contribution in [0.2, 0.25) is 0 Å². The molecule has 3 heteroatoms. The van der Waals surface area contributed by atoms with Crippen LogP contribution in [-0.4, -0.2) is 47.4 Å². The van der Waals surface area contributed by atoms with Crippen molar-refractivity contribution in [3.8, 4) is 0 Å². The highest BCUT2D eigenvalue weighted by atomic mass is 16.2. The van der Waals surface area contributed by atoms with Crippen molar-refractivity contribution in [1.29, 1.82) is 0 Å². The Labute approximate surface area is 123 Å². The fourth-order valence-electron chi connectivity index (χ4n) is 4.40. The van der Waals surface area contributed by atoms with Gasteiger partial charge in [0.15, 0.2) is 0 Å². The molecule has 0 aromatic carbocycles. The Morgan fingerprint density at radius 2 is 1.90 bits per heavy atom. The monoisotopic (exact) mass is 276 g/mol. The molecule has 1 amide bonds. The number of amides is 1. The van der Waals surface area contributed by atoms with Crippen molar-refractivity contribution in [3.63, 3.8) is 0 Å². The van der Waals surface area contributed by atoms with Gasteiger partial charge in [-0.2, -0.15) is 0 Å². The molecule has 0 aromatic heterocycles. The molecule has 112 valence electrons. The van der Waals surface area contributed by atoms with E-state index in [4.69, 9.17) is 0 Å². The number of hydrogen-bond acceptors (Lipinski definition) is 2. The standard InChI is InChI=1S/C17H28N2O/c1-2-18-12-6-10-15(18)16-11-7-13-19(16)17(20)14-8-4-3-5-9-14/h3-4,14-16H,2,5-13H2,1H3/t14-,15+,16-/m0/s1.